The number of hydrogen-bond acceptors (Lipinski definition) is 0. The lowest BCUT2D eigenvalue weighted by Crippen LogP contribution is -2.46. The first-order valence-electron chi connectivity index (χ1n) is 2.01. The Morgan fingerprint density at radius 3 is 1.18 bits per heavy atom. The van der Waals surface area contributed by atoms with Gasteiger partial charge < -0.3 is 0 Å². The minimum atomic E-state index is -5.60. The zero-order valence-electron chi connectivity index (χ0n) is 4.52. The first kappa shape index (κ1) is 11.8. The molecule has 0 spiro atoms. The van der Waals surface area contributed by atoms with Gasteiger partial charge in [0.1, 0.15) is 0 Å². The van der Waals surface area contributed by atoms with Gasteiger partial charge in [-0.2, -0.15) is 22.0 Å². The summed E-state index contributed by atoms with van der Waals surface area (Å²) >= 11 is 1.30. The maximum atomic E-state index is 12.2. The van der Waals surface area contributed by atoms with Crippen molar-refractivity contribution in [3.8, 4) is 0 Å². The molecule has 0 aromatic heterocycles. The summed E-state index contributed by atoms with van der Waals surface area (Å²) in [4.78, 5) is -4.61. The molecule has 0 aliphatic carbocycles. The average Bonchev–Trinajstić information content (AvgIpc) is 1.58. The summed E-state index contributed by atoms with van der Waals surface area (Å²) in [5.41, 5.74) is 0. The molecule has 0 aromatic carbocycles. The smallest absolute Gasteiger partial charge is 0.214 e. The molecule has 11 heavy (non-hydrogen) atoms. The molecule has 8 heteroatoms. The van der Waals surface area contributed by atoms with Gasteiger partial charge in [0.25, 0.3) is 0 Å². The number of hydrogen-bond donors (Lipinski definition) is 0. The van der Waals surface area contributed by atoms with Crippen molar-refractivity contribution in [3.05, 3.63) is 0 Å². The molecule has 0 amide bonds. The lowest BCUT2D eigenvalue weighted by Gasteiger charge is -2.25. The topological polar surface area (TPSA) is 0 Å². The van der Waals surface area contributed by atoms with E-state index in [-0.39, 0.29) is 22.6 Å². The van der Waals surface area contributed by atoms with Crippen LogP contribution in [0.4, 0.5) is 26.3 Å². The summed E-state index contributed by atoms with van der Waals surface area (Å²) in [6, 6.07) is 0. The Balaban J connectivity index is 4.75. The van der Waals surface area contributed by atoms with E-state index in [2.05, 4.69) is 0 Å². The largest absolute Gasteiger partial charge is 0.439 e. The van der Waals surface area contributed by atoms with Gasteiger partial charge in [-0.15, -0.1) is 0 Å². The standard InChI is InChI=1S/C3BrF6I/c4-2(6,7)1(5,11)3(8,9)10. The molecule has 0 aliphatic rings. The minimum Gasteiger partial charge on any atom is -0.214 e. The summed E-state index contributed by atoms with van der Waals surface area (Å²) in [5, 5.41) is 0. The van der Waals surface area contributed by atoms with E-state index >= 15 is 0 Å². The zero-order valence-corrected chi connectivity index (χ0v) is 8.27. The first-order chi connectivity index (χ1) is 4.50. The van der Waals surface area contributed by atoms with Crippen LogP contribution in [0.25, 0.3) is 0 Å². The Morgan fingerprint density at radius 2 is 1.18 bits per heavy atom. The molecule has 0 bridgehead atoms. The molecule has 0 aliphatic heterocycles. The second-order valence-electron chi connectivity index (χ2n) is 1.57. The van der Waals surface area contributed by atoms with Gasteiger partial charge in [0.2, 0.25) is 0 Å². The lowest BCUT2D eigenvalue weighted by molar-refractivity contribution is -0.226. The normalized spacial score (nSPS) is 19.6. The van der Waals surface area contributed by atoms with Crippen LogP contribution in [0.1, 0.15) is 0 Å². The van der Waals surface area contributed by atoms with Crippen molar-refractivity contribution < 1.29 is 26.3 Å². The van der Waals surface area contributed by atoms with Crippen LogP contribution in [-0.2, 0) is 0 Å². The molecule has 1 unspecified atom stereocenters. The Morgan fingerprint density at radius 1 is 0.909 bits per heavy atom. The predicted octanol–water partition coefficient (Wildman–Crippen LogP) is 3.64. The molecule has 0 nitrogen and oxygen atoms in total. The van der Waals surface area contributed by atoms with Gasteiger partial charge in [0, 0.05) is 0 Å². The first-order valence-corrected chi connectivity index (χ1v) is 3.88. The van der Waals surface area contributed by atoms with Crippen LogP contribution in [0.5, 0.6) is 0 Å². The highest BCUT2D eigenvalue weighted by molar-refractivity contribution is 14.1. The Hall–Kier alpha value is 0.790. The van der Waals surface area contributed by atoms with Crippen molar-refractivity contribution in [1.82, 2.24) is 0 Å². The molecule has 0 N–H and O–H groups in total. The Kier molecular flexibility index (Phi) is 3.14. The molecular formula is C3BrF6I. The average molecular weight is 357 g/mol. The zero-order chi connectivity index (χ0) is 9.50. The van der Waals surface area contributed by atoms with Crippen molar-refractivity contribution in [1.29, 1.82) is 0 Å². The maximum absolute atomic E-state index is 12.2. The molecule has 0 saturated heterocycles. The van der Waals surface area contributed by atoms with Crippen molar-refractivity contribution in [2.75, 3.05) is 0 Å². The summed E-state index contributed by atoms with van der Waals surface area (Å²) in [6.07, 6.45) is -5.60. The van der Waals surface area contributed by atoms with Crippen LogP contribution in [0.2, 0.25) is 0 Å². The van der Waals surface area contributed by atoms with E-state index in [1.807, 2.05) is 0 Å². The SMILES string of the molecule is FC(F)(F)C(F)(I)C(F)(F)Br. The molecule has 0 fully saturated rings. The summed E-state index contributed by atoms with van der Waals surface area (Å²) < 4.78 is 65.5. The Labute approximate surface area is 79.6 Å². The highest BCUT2D eigenvalue weighted by Crippen LogP contribution is 2.52. The Bertz CT molecular complexity index is 129. The van der Waals surface area contributed by atoms with Crippen LogP contribution in [0.15, 0.2) is 0 Å². The monoisotopic (exact) mass is 356 g/mol. The van der Waals surface area contributed by atoms with Crippen LogP contribution >= 0.6 is 38.5 Å². The highest BCUT2D eigenvalue weighted by atomic mass is 127. The van der Waals surface area contributed by atoms with E-state index in [0.29, 0.717) is 0 Å². The maximum Gasteiger partial charge on any atom is 0.439 e. The third-order valence-electron chi connectivity index (χ3n) is 0.712. The molecule has 0 heterocycles. The van der Waals surface area contributed by atoms with E-state index in [9.17, 15) is 26.3 Å². The summed E-state index contributed by atoms with van der Waals surface area (Å²) in [6.45, 7) is 0. The molecule has 68 valence electrons. The van der Waals surface area contributed by atoms with Gasteiger partial charge >= 0.3 is 14.7 Å². The van der Waals surface area contributed by atoms with Gasteiger partial charge in [-0.25, -0.2) is 4.39 Å². The molecule has 0 aromatic rings. The quantitative estimate of drug-likeness (QED) is 0.382. The van der Waals surface area contributed by atoms with Crippen LogP contribution in [0.3, 0.4) is 0 Å². The second-order valence-corrected chi connectivity index (χ2v) is 4.05. The van der Waals surface area contributed by atoms with E-state index < -0.39 is 14.7 Å². The molecule has 1 atom stereocenters. The van der Waals surface area contributed by atoms with Gasteiger partial charge in [-0.3, -0.25) is 0 Å². The minimum absolute atomic E-state index is 0.000625. The van der Waals surface area contributed by atoms with Gasteiger partial charge in [-0.1, -0.05) is 0 Å². The van der Waals surface area contributed by atoms with Crippen LogP contribution in [0, 0.1) is 0 Å². The highest BCUT2D eigenvalue weighted by Gasteiger charge is 2.68. The van der Waals surface area contributed by atoms with Crippen molar-refractivity contribution in [2.24, 2.45) is 0 Å². The number of alkyl halides is 8. The summed E-state index contributed by atoms with van der Waals surface area (Å²) in [7, 11) is 0. The van der Waals surface area contributed by atoms with Gasteiger partial charge in [-0.05, 0) is 38.5 Å². The van der Waals surface area contributed by atoms with Crippen molar-refractivity contribution in [2.45, 2.75) is 14.7 Å². The van der Waals surface area contributed by atoms with Crippen molar-refractivity contribution in [3.63, 3.8) is 0 Å². The molecule has 0 radical (unpaired) electrons. The lowest BCUT2D eigenvalue weighted by atomic mass is 10.4. The van der Waals surface area contributed by atoms with Crippen molar-refractivity contribution >= 4 is 38.5 Å². The van der Waals surface area contributed by atoms with E-state index in [1.165, 1.54) is 15.9 Å². The molecule has 0 saturated carbocycles. The number of rotatable bonds is 1. The second kappa shape index (κ2) is 2.93. The van der Waals surface area contributed by atoms with E-state index in [0.717, 1.165) is 0 Å². The van der Waals surface area contributed by atoms with Gasteiger partial charge in [0.05, 0.1) is 0 Å². The van der Waals surface area contributed by atoms with Crippen LogP contribution in [-0.4, -0.2) is 14.7 Å². The fraction of sp³-hybridized carbons (Fsp3) is 1.00. The van der Waals surface area contributed by atoms with Crippen LogP contribution < -0.4 is 0 Å². The van der Waals surface area contributed by atoms with E-state index in [4.69, 9.17) is 0 Å². The molecule has 0 rings (SSSR count). The third-order valence-corrected chi connectivity index (χ3v) is 3.29. The predicted molar refractivity (Wildman–Crippen MR) is 37.8 cm³/mol. The fourth-order valence-electron chi connectivity index (χ4n) is 0.161. The number of halogens is 8. The molecular weight excluding hydrogens is 357 g/mol. The van der Waals surface area contributed by atoms with Gasteiger partial charge in [0.15, 0.2) is 0 Å². The third kappa shape index (κ3) is 2.36. The summed E-state index contributed by atoms with van der Waals surface area (Å²) in [5.74, 6) is 0. The van der Waals surface area contributed by atoms with E-state index in [1.54, 1.807) is 0 Å². The fourth-order valence-corrected chi connectivity index (χ4v) is 0.386.